The number of carbonyl (C=O) groups is 4. The smallest absolute Gasteiger partial charge is 0.255 e. The Morgan fingerprint density at radius 2 is 1.83 bits per heavy atom. The number of hydrogen-bond acceptors (Lipinski definition) is 5. The molecule has 1 unspecified atom stereocenters. The Morgan fingerprint density at radius 3 is 2.51 bits per heavy atom. The SMILES string of the molecule is N#Cc1ccc(C2=CC3(C2)CN(C(=O)c2ccc4c(c2)CN(C2CCC(=O)NC2=O)C4=O)C3)cc1. The minimum absolute atomic E-state index is 0.0220. The van der Waals surface area contributed by atoms with E-state index in [2.05, 4.69) is 17.5 Å². The number of fused-ring (bicyclic) bond motifs is 1. The van der Waals surface area contributed by atoms with Crippen LogP contribution < -0.4 is 5.32 Å². The summed E-state index contributed by atoms with van der Waals surface area (Å²) >= 11 is 0. The summed E-state index contributed by atoms with van der Waals surface area (Å²) < 4.78 is 0. The number of hydrogen-bond donors (Lipinski definition) is 1. The van der Waals surface area contributed by atoms with Gasteiger partial charge >= 0.3 is 0 Å². The van der Waals surface area contributed by atoms with Gasteiger partial charge in [-0.05, 0) is 59.9 Å². The third-order valence-corrected chi connectivity index (χ3v) is 7.48. The summed E-state index contributed by atoms with van der Waals surface area (Å²) in [6.45, 7) is 1.57. The van der Waals surface area contributed by atoms with Crippen molar-refractivity contribution in [3.63, 3.8) is 0 Å². The predicted molar refractivity (Wildman–Crippen MR) is 125 cm³/mol. The van der Waals surface area contributed by atoms with E-state index in [1.807, 2.05) is 29.2 Å². The summed E-state index contributed by atoms with van der Waals surface area (Å²) in [6, 6.07) is 14.1. The lowest BCUT2D eigenvalue weighted by atomic mass is 9.64. The number of amides is 4. The lowest BCUT2D eigenvalue weighted by molar-refractivity contribution is -0.136. The summed E-state index contributed by atoms with van der Waals surface area (Å²) in [6.07, 6.45) is 3.65. The zero-order valence-corrected chi connectivity index (χ0v) is 18.9. The van der Waals surface area contributed by atoms with Crippen molar-refractivity contribution in [3.8, 4) is 6.07 Å². The normalized spacial score (nSPS) is 22.1. The standard InChI is InChI=1S/C27H22N4O4/c28-12-16-1-3-17(4-2-16)20-10-27(11-20)14-30(15-27)25(34)18-5-6-21-19(9-18)13-31(26(21)35)22-7-8-23(32)29-24(22)33/h1-6,9-10,22H,7-8,11,13-15H2,(H,29,32,33). The van der Waals surface area contributed by atoms with Crippen molar-refractivity contribution >= 4 is 29.2 Å². The highest BCUT2D eigenvalue weighted by atomic mass is 16.2. The third kappa shape index (κ3) is 3.43. The molecule has 2 aromatic rings. The van der Waals surface area contributed by atoms with Gasteiger partial charge in [-0.1, -0.05) is 18.2 Å². The number of carbonyl (C=O) groups excluding carboxylic acids is 4. The largest absolute Gasteiger partial charge is 0.337 e. The molecule has 0 saturated carbocycles. The van der Waals surface area contributed by atoms with Gasteiger partial charge in [-0.2, -0.15) is 5.26 Å². The number of rotatable bonds is 3. The maximum absolute atomic E-state index is 13.1. The molecule has 1 spiro atoms. The Hall–Kier alpha value is -4.25. The molecule has 4 aliphatic rings. The molecule has 2 aromatic carbocycles. The molecule has 1 N–H and O–H groups in total. The van der Waals surface area contributed by atoms with Gasteiger partial charge < -0.3 is 9.80 Å². The molecule has 0 radical (unpaired) electrons. The molecule has 1 atom stereocenters. The number of nitriles is 1. The van der Waals surface area contributed by atoms with Crippen LogP contribution in [0.4, 0.5) is 0 Å². The maximum atomic E-state index is 13.1. The Morgan fingerprint density at radius 1 is 1.09 bits per heavy atom. The van der Waals surface area contributed by atoms with Gasteiger partial charge in [0.1, 0.15) is 6.04 Å². The molecule has 35 heavy (non-hydrogen) atoms. The summed E-state index contributed by atoms with van der Waals surface area (Å²) in [5.41, 5.74) is 4.78. The van der Waals surface area contributed by atoms with Gasteiger partial charge in [0.2, 0.25) is 11.8 Å². The number of imide groups is 1. The van der Waals surface area contributed by atoms with Gasteiger partial charge in [0, 0.05) is 42.6 Å². The summed E-state index contributed by atoms with van der Waals surface area (Å²) in [4.78, 5) is 53.0. The molecule has 8 nitrogen and oxygen atoms in total. The molecule has 0 aromatic heterocycles. The van der Waals surface area contributed by atoms with Crippen LogP contribution >= 0.6 is 0 Å². The van der Waals surface area contributed by atoms with Crippen LogP contribution in [0.5, 0.6) is 0 Å². The quantitative estimate of drug-likeness (QED) is 0.698. The second-order valence-corrected chi connectivity index (χ2v) is 9.83. The van der Waals surface area contributed by atoms with Crippen molar-refractivity contribution in [2.45, 2.75) is 31.8 Å². The van der Waals surface area contributed by atoms with E-state index in [0.29, 0.717) is 36.2 Å². The van der Waals surface area contributed by atoms with E-state index < -0.39 is 11.9 Å². The first-order valence-electron chi connectivity index (χ1n) is 11.6. The lowest BCUT2D eigenvalue weighted by Gasteiger charge is -2.54. The van der Waals surface area contributed by atoms with Crippen LogP contribution in [-0.2, 0) is 16.1 Å². The van der Waals surface area contributed by atoms with Crippen molar-refractivity contribution in [1.29, 1.82) is 5.26 Å². The maximum Gasteiger partial charge on any atom is 0.255 e. The van der Waals surface area contributed by atoms with Gasteiger partial charge in [-0.15, -0.1) is 0 Å². The van der Waals surface area contributed by atoms with E-state index >= 15 is 0 Å². The molecule has 3 heterocycles. The first kappa shape index (κ1) is 21.3. The number of nitrogens with one attached hydrogen (secondary N) is 1. The fourth-order valence-electron chi connectivity index (χ4n) is 5.61. The van der Waals surface area contributed by atoms with E-state index in [1.54, 1.807) is 18.2 Å². The lowest BCUT2D eigenvalue weighted by Crippen LogP contribution is -2.60. The van der Waals surface area contributed by atoms with Crippen molar-refractivity contribution in [2.24, 2.45) is 5.41 Å². The van der Waals surface area contributed by atoms with Crippen molar-refractivity contribution in [3.05, 3.63) is 76.4 Å². The second-order valence-electron chi connectivity index (χ2n) is 9.83. The van der Waals surface area contributed by atoms with Gasteiger partial charge in [0.25, 0.3) is 11.8 Å². The van der Waals surface area contributed by atoms with E-state index in [-0.39, 0.29) is 36.1 Å². The van der Waals surface area contributed by atoms with Gasteiger partial charge in [0.05, 0.1) is 11.6 Å². The number of allylic oxidation sites excluding steroid dienone is 1. The fraction of sp³-hybridized carbons (Fsp3) is 0.296. The predicted octanol–water partition coefficient (Wildman–Crippen LogP) is 2.25. The highest BCUT2D eigenvalue weighted by molar-refractivity contribution is 6.06. The van der Waals surface area contributed by atoms with E-state index in [1.165, 1.54) is 10.5 Å². The molecule has 6 rings (SSSR count). The molecule has 2 saturated heterocycles. The number of likely N-dealkylation sites (tertiary alicyclic amines) is 1. The minimum atomic E-state index is -0.669. The number of benzene rings is 2. The topological polar surface area (TPSA) is 111 Å². The molecule has 3 aliphatic heterocycles. The Balaban J connectivity index is 1.11. The van der Waals surface area contributed by atoms with Crippen LogP contribution in [0.1, 0.15) is 56.7 Å². The zero-order chi connectivity index (χ0) is 24.3. The van der Waals surface area contributed by atoms with Crippen molar-refractivity contribution in [1.82, 2.24) is 15.1 Å². The van der Waals surface area contributed by atoms with Crippen molar-refractivity contribution in [2.75, 3.05) is 13.1 Å². The monoisotopic (exact) mass is 466 g/mol. The molecular weight excluding hydrogens is 444 g/mol. The molecule has 174 valence electrons. The Kier molecular flexibility index (Phi) is 4.65. The minimum Gasteiger partial charge on any atom is -0.337 e. The zero-order valence-electron chi connectivity index (χ0n) is 18.9. The number of piperidine rings is 1. The highest BCUT2D eigenvalue weighted by Gasteiger charge is 2.49. The average Bonchev–Trinajstić information content (AvgIpc) is 3.13. The highest BCUT2D eigenvalue weighted by Crippen LogP contribution is 2.50. The first-order chi connectivity index (χ1) is 16.9. The second kappa shape index (κ2) is 7.64. The van der Waals surface area contributed by atoms with Crippen LogP contribution in [0.2, 0.25) is 0 Å². The molecular formula is C27H22N4O4. The molecule has 1 aliphatic carbocycles. The van der Waals surface area contributed by atoms with Crippen LogP contribution in [-0.4, -0.2) is 52.6 Å². The van der Waals surface area contributed by atoms with Crippen LogP contribution in [0.25, 0.3) is 5.57 Å². The number of nitrogens with zero attached hydrogens (tertiary/aromatic N) is 3. The molecule has 2 fully saturated rings. The molecule has 0 bridgehead atoms. The van der Waals surface area contributed by atoms with Gasteiger partial charge in [-0.25, -0.2) is 0 Å². The Labute approximate surface area is 201 Å². The van der Waals surface area contributed by atoms with Crippen LogP contribution in [0.15, 0.2) is 48.5 Å². The summed E-state index contributed by atoms with van der Waals surface area (Å²) in [5.74, 6) is -1.07. The van der Waals surface area contributed by atoms with Crippen molar-refractivity contribution < 1.29 is 19.2 Å². The van der Waals surface area contributed by atoms with E-state index in [4.69, 9.17) is 5.26 Å². The van der Waals surface area contributed by atoms with Gasteiger partial charge in [-0.3, -0.25) is 24.5 Å². The molecule has 4 amide bonds. The third-order valence-electron chi connectivity index (χ3n) is 7.48. The Bertz CT molecular complexity index is 1380. The summed E-state index contributed by atoms with van der Waals surface area (Å²) in [7, 11) is 0. The van der Waals surface area contributed by atoms with E-state index in [0.717, 1.165) is 17.5 Å². The average molecular weight is 466 g/mol. The molecule has 8 heteroatoms. The van der Waals surface area contributed by atoms with Crippen LogP contribution in [0, 0.1) is 16.7 Å². The summed E-state index contributed by atoms with van der Waals surface area (Å²) in [5, 5.41) is 11.3. The van der Waals surface area contributed by atoms with E-state index in [9.17, 15) is 19.2 Å². The van der Waals surface area contributed by atoms with Crippen LogP contribution in [0.3, 0.4) is 0 Å². The first-order valence-corrected chi connectivity index (χ1v) is 11.6. The fourth-order valence-corrected chi connectivity index (χ4v) is 5.61. The van der Waals surface area contributed by atoms with Gasteiger partial charge in [0.15, 0.2) is 0 Å².